The van der Waals surface area contributed by atoms with Gasteiger partial charge in [-0.15, -0.1) is 0 Å². The molecule has 76 valence electrons. The summed E-state index contributed by atoms with van der Waals surface area (Å²) in [4.78, 5) is 0. The quantitative estimate of drug-likeness (QED) is 0.756. The lowest BCUT2D eigenvalue weighted by Gasteiger charge is -2.19. The standard InChI is InChI=1S/C12H17OP/c13-9-8-12-7-4-10-14(12)11-5-2-1-3-6-11/h1-3,5-6,12-13H,4,7-10H2/t12?,14-/m1/s1. The Morgan fingerprint density at radius 2 is 2.07 bits per heavy atom. The summed E-state index contributed by atoms with van der Waals surface area (Å²) in [5.41, 5.74) is 0.775. The van der Waals surface area contributed by atoms with Gasteiger partial charge in [-0.25, -0.2) is 0 Å². The van der Waals surface area contributed by atoms with Crippen LogP contribution in [-0.2, 0) is 0 Å². The molecule has 0 amide bonds. The van der Waals surface area contributed by atoms with E-state index in [0.717, 1.165) is 12.1 Å². The second-order valence-corrected chi connectivity index (χ2v) is 6.47. The number of rotatable bonds is 3. The number of aliphatic hydroxyl groups excluding tert-OH is 1. The second kappa shape index (κ2) is 4.91. The van der Waals surface area contributed by atoms with Crippen LogP contribution < -0.4 is 5.30 Å². The SMILES string of the molecule is OCCC1CCC[P@]1c1ccccc1. The summed E-state index contributed by atoms with van der Waals surface area (Å²) in [6.07, 6.45) is 5.04. The van der Waals surface area contributed by atoms with Crippen LogP contribution in [0, 0.1) is 0 Å². The Morgan fingerprint density at radius 1 is 1.29 bits per heavy atom. The van der Waals surface area contributed by atoms with Gasteiger partial charge in [-0.05, 0) is 36.4 Å². The van der Waals surface area contributed by atoms with Crippen LogP contribution >= 0.6 is 7.92 Å². The van der Waals surface area contributed by atoms with E-state index in [2.05, 4.69) is 30.3 Å². The topological polar surface area (TPSA) is 20.2 Å². The number of aliphatic hydroxyl groups is 1. The minimum atomic E-state index is 0.0305. The maximum Gasteiger partial charge on any atom is 0.0437 e. The van der Waals surface area contributed by atoms with Crippen molar-refractivity contribution >= 4 is 13.2 Å². The zero-order chi connectivity index (χ0) is 9.80. The third kappa shape index (κ3) is 2.16. The van der Waals surface area contributed by atoms with Gasteiger partial charge in [-0.2, -0.15) is 0 Å². The fourth-order valence-electron chi connectivity index (χ4n) is 2.24. The van der Waals surface area contributed by atoms with E-state index >= 15 is 0 Å². The summed E-state index contributed by atoms with van der Waals surface area (Å²) in [7, 11) is 0.0305. The predicted octanol–water partition coefficient (Wildman–Crippen LogP) is 2.34. The summed E-state index contributed by atoms with van der Waals surface area (Å²) < 4.78 is 0. The molecule has 1 aliphatic heterocycles. The molecule has 1 nitrogen and oxygen atoms in total. The second-order valence-electron chi connectivity index (χ2n) is 3.84. The number of benzene rings is 1. The molecule has 2 heteroatoms. The molecule has 1 saturated heterocycles. The first kappa shape index (κ1) is 10.1. The minimum absolute atomic E-state index is 0.0305. The van der Waals surface area contributed by atoms with E-state index in [-0.39, 0.29) is 7.92 Å². The third-order valence-electron chi connectivity index (χ3n) is 2.93. The Morgan fingerprint density at radius 3 is 2.79 bits per heavy atom. The van der Waals surface area contributed by atoms with E-state index in [9.17, 15) is 0 Å². The molecule has 0 aliphatic carbocycles. The van der Waals surface area contributed by atoms with Gasteiger partial charge >= 0.3 is 0 Å². The van der Waals surface area contributed by atoms with Crippen molar-refractivity contribution in [2.75, 3.05) is 12.8 Å². The Bertz CT molecular complexity index is 273. The molecule has 1 aromatic rings. The fourth-order valence-corrected chi connectivity index (χ4v) is 5.29. The number of hydrogen-bond acceptors (Lipinski definition) is 1. The van der Waals surface area contributed by atoms with Crippen LogP contribution in [0.1, 0.15) is 19.3 Å². The van der Waals surface area contributed by atoms with Crippen molar-refractivity contribution < 1.29 is 5.11 Å². The third-order valence-corrected chi connectivity index (χ3v) is 6.08. The van der Waals surface area contributed by atoms with Crippen LogP contribution in [0.2, 0.25) is 0 Å². The van der Waals surface area contributed by atoms with Crippen LogP contribution in [0.25, 0.3) is 0 Å². The Kier molecular flexibility index (Phi) is 3.55. The molecule has 2 atom stereocenters. The smallest absolute Gasteiger partial charge is 0.0437 e. The highest BCUT2D eigenvalue weighted by Gasteiger charge is 2.26. The Balaban J connectivity index is 2.10. The van der Waals surface area contributed by atoms with Gasteiger partial charge in [0.1, 0.15) is 0 Å². The van der Waals surface area contributed by atoms with E-state index in [1.165, 1.54) is 24.3 Å². The van der Waals surface area contributed by atoms with Gasteiger partial charge in [0.05, 0.1) is 0 Å². The van der Waals surface area contributed by atoms with Crippen LogP contribution in [0.3, 0.4) is 0 Å². The highest BCUT2D eigenvalue weighted by Crippen LogP contribution is 2.50. The van der Waals surface area contributed by atoms with Crippen molar-refractivity contribution in [2.45, 2.75) is 24.9 Å². The molecule has 0 saturated carbocycles. The first-order valence-electron chi connectivity index (χ1n) is 5.34. The molecule has 1 heterocycles. The lowest BCUT2D eigenvalue weighted by Crippen LogP contribution is -2.10. The van der Waals surface area contributed by atoms with Crippen LogP contribution in [0.5, 0.6) is 0 Å². The van der Waals surface area contributed by atoms with Crippen molar-refractivity contribution in [3.05, 3.63) is 30.3 Å². The van der Waals surface area contributed by atoms with Crippen molar-refractivity contribution in [1.29, 1.82) is 0 Å². The molecule has 0 radical (unpaired) electrons. The summed E-state index contributed by atoms with van der Waals surface area (Å²) in [6.45, 7) is 0.357. The van der Waals surface area contributed by atoms with Crippen LogP contribution in [0.4, 0.5) is 0 Å². The highest BCUT2D eigenvalue weighted by atomic mass is 31.1. The van der Waals surface area contributed by atoms with E-state index < -0.39 is 0 Å². The zero-order valence-corrected chi connectivity index (χ0v) is 9.29. The monoisotopic (exact) mass is 208 g/mol. The van der Waals surface area contributed by atoms with E-state index in [1.807, 2.05) is 0 Å². The number of hydrogen-bond donors (Lipinski definition) is 1. The van der Waals surface area contributed by atoms with Crippen molar-refractivity contribution in [3.8, 4) is 0 Å². The van der Waals surface area contributed by atoms with E-state index in [4.69, 9.17) is 5.11 Å². The molecule has 1 N–H and O–H groups in total. The summed E-state index contributed by atoms with van der Waals surface area (Å²) in [5.74, 6) is 0. The van der Waals surface area contributed by atoms with Crippen molar-refractivity contribution in [2.24, 2.45) is 0 Å². The van der Waals surface area contributed by atoms with Crippen LogP contribution in [-0.4, -0.2) is 23.5 Å². The molecule has 0 aromatic heterocycles. The lowest BCUT2D eigenvalue weighted by atomic mass is 10.2. The van der Waals surface area contributed by atoms with Gasteiger partial charge < -0.3 is 5.11 Å². The molecule has 1 aromatic carbocycles. The average Bonchev–Trinajstić information content (AvgIpc) is 2.68. The molecule has 0 bridgehead atoms. The van der Waals surface area contributed by atoms with E-state index in [0.29, 0.717) is 6.61 Å². The predicted molar refractivity (Wildman–Crippen MR) is 62.6 cm³/mol. The molecule has 1 fully saturated rings. The molecule has 0 spiro atoms. The van der Waals surface area contributed by atoms with Gasteiger partial charge in [0.2, 0.25) is 0 Å². The molecule has 2 rings (SSSR count). The molecule has 1 aliphatic rings. The highest BCUT2D eigenvalue weighted by molar-refractivity contribution is 7.66. The minimum Gasteiger partial charge on any atom is -0.396 e. The largest absolute Gasteiger partial charge is 0.396 e. The maximum atomic E-state index is 9.00. The normalized spacial score (nSPS) is 26.6. The zero-order valence-electron chi connectivity index (χ0n) is 8.39. The molecular weight excluding hydrogens is 191 g/mol. The first-order valence-corrected chi connectivity index (χ1v) is 6.94. The maximum absolute atomic E-state index is 9.00. The van der Waals surface area contributed by atoms with Gasteiger partial charge in [0.15, 0.2) is 0 Å². The summed E-state index contributed by atoms with van der Waals surface area (Å²) >= 11 is 0. The Labute approximate surface area is 86.9 Å². The fraction of sp³-hybridized carbons (Fsp3) is 0.500. The molecular formula is C12H17OP. The van der Waals surface area contributed by atoms with E-state index in [1.54, 1.807) is 0 Å². The lowest BCUT2D eigenvalue weighted by molar-refractivity contribution is 0.286. The van der Waals surface area contributed by atoms with Gasteiger partial charge in [0.25, 0.3) is 0 Å². The Hall–Kier alpha value is -0.390. The summed E-state index contributed by atoms with van der Waals surface area (Å²) in [6, 6.07) is 10.8. The van der Waals surface area contributed by atoms with Gasteiger partial charge in [-0.1, -0.05) is 38.3 Å². The average molecular weight is 208 g/mol. The molecule has 1 unspecified atom stereocenters. The first-order chi connectivity index (χ1) is 6.92. The van der Waals surface area contributed by atoms with Crippen LogP contribution in [0.15, 0.2) is 30.3 Å². The van der Waals surface area contributed by atoms with Crippen molar-refractivity contribution in [3.63, 3.8) is 0 Å². The van der Waals surface area contributed by atoms with Crippen molar-refractivity contribution in [1.82, 2.24) is 0 Å². The molecule has 14 heavy (non-hydrogen) atoms. The van der Waals surface area contributed by atoms with Gasteiger partial charge in [-0.3, -0.25) is 0 Å². The van der Waals surface area contributed by atoms with Gasteiger partial charge in [0, 0.05) is 6.61 Å². The summed E-state index contributed by atoms with van der Waals surface area (Å²) in [5, 5.41) is 10.5.